The van der Waals surface area contributed by atoms with Gasteiger partial charge >= 0.3 is 6.15 Å². The fourth-order valence-electron chi connectivity index (χ4n) is 0.505. The van der Waals surface area contributed by atoms with Crippen molar-refractivity contribution >= 4 is 6.15 Å². The molecule has 0 aliphatic carbocycles. The second-order valence-electron chi connectivity index (χ2n) is 2.35. The molecule has 0 aliphatic heterocycles. The molecule has 0 bridgehead atoms. The molecule has 0 fully saturated rings. The topological polar surface area (TPSA) is 68.3 Å². The molecule has 0 saturated carbocycles. The molecule has 0 radical (unpaired) electrons. The third-order valence-corrected chi connectivity index (χ3v) is 1.07. The molecule has 0 N–H and O–H groups in total. The van der Waals surface area contributed by atoms with Gasteiger partial charge in [-0.25, -0.2) is 0 Å². The zero-order chi connectivity index (χ0) is 18.7. The molecule has 24 heavy (non-hydrogen) atoms. The lowest BCUT2D eigenvalue weighted by Crippen LogP contribution is -1.56. The largest absolute Gasteiger partial charge is 0.373 e. The Labute approximate surface area is 164 Å². The van der Waals surface area contributed by atoms with Crippen molar-refractivity contribution in [2.75, 3.05) is 0 Å². The highest BCUT2D eigenvalue weighted by molar-refractivity contribution is 5.46. The minimum absolute atomic E-state index is 0. The van der Waals surface area contributed by atoms with Crippen molar-refractivity contribution < 1.29 is 32.4 Å². The van der Waals surface area contributed by atoms with Gasteiger partial charge in [-0.05, 0) is 102 Å². The molecule has 0 unspecified atom stereocenters. The normalized spacial score (nSPS) is 3.50. The lowest BCUT2D eigenvalue weighted by molar-refractivity contribution is -0.191. The van der Waals surface area contributed by atoms with Gasteiger partial charge in [0.25, 0.3) is 0 Å². The summed E-state index contributed by atoms with van der Waals surface area (Å²) in [5.41, 5.74) is 0. The molecule has 140 valence electrons. The molecule has 0 amide bonds. The van der Waals surface area contributed by atoms with Crippen molar-refractivity contribution in [3.8, 4) is 107 Å². The van der Waals surface area contributed by atoms with Crippen LogP contribution < -0.4 is 0 Å². The van der Waals surface area contributed by atoms with E-state index in [4.69, 9.17) is 25.9 Å². The second-order valence-corrected chi connectivity index (χ2v) is 2.35. The monoisotopic (exact) mass is 341 g/mol. The SMILES string of the molecule is C#CC#CC#CC#CC#CC#CC#CC#CC#CC.O=C=O.O=O.[2HH].[HH].[HH].[HH].[HH].[HH].[HH].[HH].[HH].[HH].[HH].[HH].[HH].[HH].[HH].[HH]. The maximum absolute atomic E-state index is 8.12. The average Bonchev–Trinajstić information content (AvgIpc) is 2.61. The van der Waals surface area contributed by atoms with Crippen molar-refractivity contribution in [1.29, 1.82) is 0 Å². The van der Waals surface area contributed by atoms with Gasteiger partial charge in [0.05, 0.1) is 0 Å². The summed E-state index contributed by atoms with van der Waals surface area (Å²) in [6.07, 6.45) is 5.14. The molecule has 0 saturated heterocycles. The predicted octanol–water partition coefficient (Wildman–Crippen LogP) is 4.09. The molecular formula is C20H36O4. The lowest BCUT2D eigenvalue weighted by atomic mass is 10.5. The van der Waals surface area contributed by atoms with Crippen molar-refractivity contribution in [1.82, 2.24) is 0 Å². The fraction of sp³-hybridized carbons (Fsp3) is 0.0500. The van der Waals surface area contributed by atoms with Gasteiger partial charge in [-0.1, -0.05) is 5.92 Å². The second kappa shape index (κ2) is 30.8. The van der Waals surface area contributed by atoms with Gasteiger partial charge in [0, 0.05) is 32.8 Å². The van der Waals surface area contributed by atoms with Crippen LogP contribution >= 0.6 is 0 Å². The van der Waals surface area contributed by atoms with E-state index in [1.165, 1.54) is 0 Å². The number of carbonyl (C=O) groups excluding carboxylic acids is 2. The fourth-order valence-corrected chi connectivity index (χ4v) is 0.505. The average molecular weight is 342 g/mol. The number of rotatable bonds is 0. The Morgan fingerprint density at radius 2 is 0.792 bits per heavy atom. The number of hydrogen-bond donors (Lipinski definition) is 0. The molecule has 0 aromatic rings. The van der Waals surface area contributed by atoms with Crippen LogP contribution in [0.4, 0.5) is 0 Å². The maximum atomic E-state index is 8.12. The minimum atomic E-state index is 0. The molecule has 0 spiro atoms. The Bertz CT molecular complexity index is 1010. The highest BCUT2D eigenvalue weighted by Gasteiger charge is 1.57. The Morgan fingerprint density at radius 3 is 1.00 bits per heavy atom. The first-order chi connectivity index (χ1) is 11.8. The summed E-state index contributed by atoms with van der Waals surface area (Å²) in [6.45, 7) is 1.70. The smallest absolute Gasteiger partial charge is 0.186 e. The van der Waals surface area contributed by atoms with Crippen molar-refractivity contribution in [2.24, 2.45) is 0 Å². The van der Waals surface area contributed by atoms with E-state index >= 15 is 0 Å². The van der Waals surface area contributed by atoms with E-state index in [1.54, 1.807) is 6.92 Å². The molecule has 0 aliphatic rings. The predicted molar refractivity (Wildman–Crippen MR) is 122 cm³/mol. The van der Waals surface area contributed by atoms with E-state index < -0.39 is 0 Å². The third kappa shape index (κ3) is 36.0. The zero-order valence-electron chi connectivity index (χ0n) is 12.2. The van der Waals surface area contributed by atoms with Gasteiger partial charge in [-0.15, -0.1) is 6.42 Å². The summed E-state index contributed by atoms with van der Waals surface area (Å²) in [6, 6.07) is 0. The summed E-state index contributed by atoms with van der Waals surface area (Å²) in [7, 11) is 0. The van der Waals surface area contributed by atoms with Crippen molar-refractivity contribution in [3.63, 3.8) is 0 Å². The third-order valence-electron chi connectivity index (χ3n) is 1.07. The highest BCUT2D eigenvalue weighted by atomic mass is 16.7. The standard InChI is InChI=1S/C19H4.CO2.O2.16H2/c1-3-5-7-9-11-13-15-17-19-18-16-14-12-10-8-6-4-2;2-1-3;1-2;;;;;;;;;;;;;;;;/h1H,2H3;;;16*1H/i;;;1+1;;;;;;;;;;;;;;;. The van der Waals surface area contributed by atoms with E-state index in [9.17, 15) is 0 Å². The van der Waals surface area contributed by atoms with Crippen molar-refractivity contribution in [3.05, 3.63) is 9.93 Å². The van der Waals surface area contributed by atoms with Gasteiger partial charge in [0.15, 0.2) is 0 Å². The summed E-state index contributed by atoms with van der Waals surface area (Å²) in [4.78, 5) is 30.2. The van der Waals surface area contributed by atoms with Gasteiger partial charge in [0.2, 0.25) is 0 Å². The Kier molecular flexibility index (Phi) is 30.9. The zero-order valence-corrected chi connectivity index (χ0v) is 12.2. The van der Waals surface area contributed by atoms with E-state index in [1.807, 2.05) is 0 Å². The van der Waals surface area contributed by atoms with Crippen LogP contribution in [0.5, 0.6) is 0 Å². The maximum Gasteiger partial charge on any atom is 0.373 e. The molecule has 4 heteroatoms. The molecular weight excluding hydrogens is 304 g/mol. The lowest BCUT2D eigenvalue weighted by Gasteiger charge is -1.56. The van der Waals surface area contributed by atoms with E-state index in [0.717, 1.165) is 0 Å². The highest BCUT2D eigenvalue weighted by Crippen LogP contribution is 1.58. The van der Waals surface area contributed by atoms with Crippen LogP contribution in [0, 0.1) is 117 Å². The van der Waals surface area contributed by atoms with Gasteiger partial charge in [-0.2, -0.15) is 9.59 Å². The van der Waals surface area contributed by atoms with Crippen LogP contribution in [-0.4, -0.2) is 6.15 Å². The van der Waals surface area contributed by atoms with Crippen LogP contribution in [0.1, 0.15) is 29.7 Å². The van der Waals surface area contributed by atoms with Crippen molar-refractivity contribution in [2.45, 2.75) is 6.92 Å². The molecule has 0 aromatic heterocycles. The van der Waals surface area contributed by atoms with E-state index in [2.05, 4.69) is 101 Å². The van der Waals surface area contributed by atoms with Crippen LogP contribution in [0.15, 0.2) is 0 Å². The summed E-state index contributed by atoms with van der Waals surface area (Å²) in [5.74, 6) is 41.9. The molecule has 4 nitrogen and oxygen atoms in total. The minimum Gasteiger partial charge on any atom is -0.186 e. The molecule has 0 aromatic carbocycles. The first-order valence-corrected chi connectivity index (χ1v) is 5.36. The summed E-state index contributed by atoms with van der Waals surface area (Å²) in [5, 5.41) is 0. The summed E-state index contributed by atoms with van der Waals surface area (Å²) < 4.78 is 0. The van der Waals surface area contributed by atoms with Gasteiger partial charge in [-0.3, -0.25) is 0 Å². The number of hydrogen-bond acceptors (Lipinski definition) is 4. The van der Waals surface area contributed by atoms with Crippen LogP contribution in [-0.2, 0) is 9.59 Å². The first kappa shape index (κ1) is 24.1. The summed E-state index contributed by atoms with van der Waals surface area (Å²) >= 11 is 0. The van der Waals surface area contributed by atoms with E-state index in [-0.39, 0.29) is 29.0 Å². The van der Waals surface area contributed by atoms with Crippen LogP contribution in [0.25, 0.3) is 0 Å². The quantitative estimate of drug-likeness (QED) is 0.622. The van der Waals surface area contributed by atoms with Gasteiger partial charge < -0.3 is 0 Å². The van der Waals surface area contributed by atoms with Crippen LogP contribution in [0.2, 0.25) is 0 Å². The number of terminal acetylenes is 1. The Balaban J connectivity index is -0.0000000116. The van der Waals surface area contributed by atoms with Crippen LogP contribution in [0.3, 0.4) is 0 Å². The van der Waals surface area contributed by atoms with Gasteiger partial charge in [0.1, 0.15) is 0 Å². The first-order valence-electron chi connectivity index (χ1n) is 5.36. The molecule has 0 atom stereocenters. The molecule has 0 heterocycles. The Hall–Kier alpha value is -4.98. The Morgan fingerprint density at radius 1 is 0.583 bits per heavy atom. The van der Waals surface area contributed by atoms with E-state index in [0.29, 0.717) is 0 Å². The molecule has 0 rings (SSSR count).